The molecule has 0 aromatic heterocycles. The predicted molar refractivity (Wildman–Crippen MR) is 137 cm³/mol. The molecular formula is C25H39IO3Si. The van der Waals surface area contributed by atoms with Crippen LogP contribution in [0.15, 0.2) is 34.3 Å². The quantitative estimate of drug-likeness (QED) is 0.121. The Kier molecular flexibility index (Phi) is 7.11. The first-order chi connectivity index (χ1) is 13.6. The highest BCUT2D eigenvalue weighted by Crippen LogP contribution is 2.65. The minimum Gasteiger partial charge on any atom is -0.500 e. The summed E-state index contributed by atoms with van der Waals surface area (Å²) in [6, 6.07) is 0. The standard InChI is InChI=1S/C25H39IO3Si/c1-16(2)11-12-18-15-24(14-13-17(3)4)21(29-7)19(30(8,9)10)20(27)25(26,22(24)28)23(18,5)6/h11,13,18H,12,14-15H2,1-10H3/t18-,24+,25+/m0/s1. The van der Waals surface area contributed by atoms with Crippen LogP contribution in [0.5, 0.6) is 0 Å². The van der Waals surface area contributed by atoms with Crippen LogP contribution in [0.25, 0.3) is 0 Å². The van der Waals surface area contributed by atoms with Crippen molar-refractivity contribution in [1.29, 1.82) is 0 Å². The molecule has 3 atom stereocenters. The zero-order chi connectivity index (χ0) is 23.3. The molecule has 0 radical (unpaired) electrons. The lowest BCUT2D eigenvalue weighted by Gasteiger charge is -2.59. The first kappa shape index (κ1) is 25.6. The Bertz CT molecular complexity index is 835. The Morgan fingerprint density at radius 3 is 2.07 bits per heavy atom. The average molecular weight is 543 g/mol. The maximum atomic E-state index is 14.2. The molecule has 0 aromatic carbocycles. The average Bonchev–Trinajstić information content (AvgIpc) is 2.60. The molecule has 0 aromatic rings. The third-order valence-electron chi connectivity index (χ3n) is 7.08. The third kappa shape index (κ3) is 3.82. The number of carbonyl (C=O) groups excluding carboxylic acids is 2. The van der Waals surface area contributed by atoms with Crippen molar-refractivity contribution in [3.8, 4) is 0 Å². The summed E-state index contributed by atoms with van der Waals surface area (Å²) in [6.45, 7) is 19.2. The zero-order valence-corrected chi connectivity index (χ0v) is 23.6. The number of hydrogen-bond acceptors (Lipinski definition) is 3. The van der Waals surface area contributed by atoms with Crippen LogP contribution in [0.2, 0.25) is 19.6 Å². The molecule has 2 bridgehead atoms. The Morgan fingerprint density at radius 2 is 1.63 bits per heavy atom. The van der Waals surface area contributed by atoms with Crippen molar-refractivity contribution in [2.75, 3.05) is 7.11 Å². The van der Waals surface area contributed by atoms with Gasteiger partial charge in [-0.15, -0.1) is 0 Å². The number of hydrogen-bond donors (Lipinski definition) is 0. The smallest absolute Gasteiger partial charge is 0.182 e. The van der Waals surface area contributed by atoms with E-state index < -0.39 is 22.3 Å². The summed E-state index contributed by atoms with van der Waals surface area (Å²) in [6.07, 6.45) is 6.61. The second kappa shape index (κ2) is 8.34. The fourth-order valence-electron chi connectivity index (χ4n) is 5.16. The van der Waals surface area contributed by atoms with Gasteiger partial charge in [-0.25, -0.2) is 0 Å². The topological polar surface area (TPSA) is 43.4 Å². The van der Waals surface area contributed by atoms with E-state index in [0.717, 1.165) is 18.0 Å². The van der Waals surface area contributed by atoms with Gasteiger partial charge in [0.05, 0.1) is 20.6 Å². The van der Waals surface area contributed by atoms with E-state index in [1.165, 1.54) is 11.1 Å². The number of methoxy groups -OCH3 is 1. The van der Waals surface area contributed by atoms with Crippen molar-refractivity contribution in [3.63, 3.8) is 0 Å². The summed E-state index contributed by atoms with van der Waals surface area (Å²) in [5, 5.41) is 0.829. The summed E-state index contributed by atoms with van der Waals surface area (Å²) in [4.78, 5) is 28.3. The molecule has 0 spiro atoms. The lowest BCUT2D eigenvalue weighted by atomic mass is 9.48. The number of halogens is 1. The van der Waals surface area contributed by atoms with E-state index in [1.807, 2.05) is 0 Å². The molecule has 1 fully saturated rings. The Morgan fingerprint density at radius 1 is 1.10 bits per heavy atom. The van der Waals surface area contributed by atoms with Crippen molar-refractivity contribution in [2.45, 2.75) is 83.9 Å². The molecule has 2 aliphatic rings. The minimum atomic E-state index is -2.05. The Hall–Kier alpha value is -0.693. The van der Waals surface area contributed by atoms with Gasteiger partial charge in [-0.1, -0.05) is 79.4 Å². The van der Waals surface area contributed by atoms with Gasteiger partial charge in [-0.3, -0.25) is 9.59 Å². The van der Waals surface area contributed by atoms with Crippen LogP contribution in [0.1, 0.15) is 60.8 Å². The van der Waals surface area contributed by atoms with Crippen molar-refractivity contribution in [3.05, 3.63) is 34.3 Å². The van der Waals surface area contributed by atoms with Gasteiger partial charge in [0.1, 0.15) is 9.18 Å². The van der Waals surface area contributed by atoms with Gasteiger partial charge >= 0.3 is 0 Å². The van der Waals surface area contributed by atoms with Crippen LogP contribution in [0.4, 0.5) is 0 Å². The number of allylic oxidation sites excluding steroid dienone is 6. The van der Waals surface area contributed by atoms with E-state index in [9.17, 15) is 9.59 Å². The summed E-state index contributed by atoms with van der Waals surface area (Å²) in [5.41, 5.74) is 1.26. The molecule has 2 rings (SSSR count). The fourth-order valence-corrected chi connectivity index (χ4v) is 8.53. The van der Waals surface area contributed by atoms with Crippen molar-refractivity contribution in [2.24, 2.45) is 16.7 Å². The molecule has 30 heavy (non-hydrogen) atoms. The first-order valence-electron chi connectivity index (χ1n) is 10.9. The van der Waals surface area contributed by atoms with E-state index in [1.54, 1.807) is 7.11 Å². The normalized spacial score (nSPS) is 30.8. The lowest BCUT2D eigenvalue weighted by Crippen LogP contribution is -2.69. The molecule has 0 amide bonds. The Balaban J connectivity index is 2.92. The third-order valence-corrected chi connectivity index (χ3v) is 11.4. The number of fused-ring (bicyclic) bond motifs is 2. The molecule has 2 aliphatic carbocycles. The van der Waals surface area contributed by atoms with Crippen LogP contribution in [0.3, 0.4) is 0 Å². The number of alkyl halides is 1. The van der Waals surface area contributed by atoms with Gasteiger partial charge in [0.25, 0.3) is 0 Å². The van der Waals surface area contributed by atoms with Gasteiger partial charge < -0.3 is 4.74 Å². The summed E-state index contributed by atoms with van der Waals surface area (Å²) in [5.74, 6) is 0.934. The highest BCUT2D eigenvalue weighted by molar-refractivity contribution is 14.1. The summed E-state index contributed by atoms with van der Waals surface area (Å²) < 4.78 is 4.95. The number of rotatable bonds is 6. The molecule has 0 heterocycles. The summed E-state index contributed by atoms with van der Waals surface area (Å²) >= 11 is 2.23. The minimum absolute atomic E-state index is 0.00356. The van der Waals surface area contributed by atoms with Crippen molar-refractivity contribution < 1.29 is 14.3 Å². The van der Waals surface area contributed by atoms with Crippen molar-refractivity contribution in [1.82, 2.24) is 0 Å². The van der Waals surface area contributed by atoms with Gasteiger partial charge in [-0.05, 0) is 58.3 Å². The van der Waals surface area contributed by atoms with Gasteiger partial charge in [0, 0.05) is 5.20 Å². The largest absolute Gasteiger partial charge is 0.500 e. The number of ether oxygens (including phenoxy) is 1. The maximum absolute atomic E-state index is 14.2. The van der Waals surface area contributed by atoms with Gasteiger partial charge in [-0.2, -0.15) is 0 Å². The van der Waals surface area contributed by atoms with E-state index in [4.69, 9.17) is 4.74 Å². The first-order valence-corrected chi connectivity index (χ1v) is 15.5. The molecule has 3 nitrogen and oxygen atoms in total. The van der Waals surface area contributed by atoms with Crippen LogP contribution >= 0.6 is 22.6 Å². The predicted octanol–water partition coefficient (Wildman–Crippen LogP) is 6.84. The van der Waals surface area contributed by atoms with Crippen LogP contribution in [-0.4, -0.2) is 30.2 Å². The molecule has 0 unspecified atom stereocenters. The van der Waals surface area contributed by atoms with E-state index in [0.29, 0.717) is 12.2 Å². The number of Topliss-reactive ketones (excluding diaryl/α,β-unsaturated/α-hetero) is 2. The highest BCUT2D eigenvalue weighted by atomic mass is 127. The van der Waals surface area contributed by atoms with Crippen LogP contribution in [-0.2, 0) is 14.3 Å². The molecule has 0 saturated heterocycles. The monoisotopic (exact) mass is 542 g/mol. The van der Waals surface area contributed by atoms with Crippen LogP contribution < -0.4 is 0 Å². The molecule has 168 valence electrons. The zero-order valence-electron chi connectivity index (χ0n) is 20.5. The Labute approximate surface area is 197 Å². The molecular weight excluding hydrogens is 503 g/mol. The summed E-state index contributed by atoms with van der Waals surface area (Å²) in [7, 11) is -0.411. The molecule has 5 heteroatoms. The van der Waals surface area contributed by atoms with E-state index >= 15 is 0 Å². The SMILES string of the molecule is COC1=C([Si](C)(C)C)C(=O)[C@@]2(I)C(=O)[C@]1(CC=C(C)C)C[C@H](CC=C(C)C)C2(C)C. The molecule has 0 aliphatic heterocycles. The second-order valence-corrected chi connectivity index (χ2v) is 17.8. The second-order valence-electron chi connectivity index (χ2n) is 11.2. The molecule has 1 saturated carbocycles. The highest BCUT2D eigenvalue weighted by Gasteiger charge is 2.72. The number of ketones is 2. The molecule has 0 N–H and O–H groups in total. The van der Waals surface area contributed by atoms with Crippen LogP contribution in [0, 0.1) is 16.7 Å². The fraction of sp³-hybridized carbons (Fsp3) is 0.680. The van der Waals surface area contributed by atoms with E-state index in [-0.39, 0.29) is 17.5 Å². The van der Waals surface area contributed by atoms with E-state index in [2.05, 4.69) is 95.9 Å². The lowest BCUT2D eigenvalue weighted by molar-refractivity contribution is -0.150. The van der Waals surface area contributed by atoms with Crippen molar-refractivity contribution >= 4 is 42.2 Å². The van der Waals surface area contributed by atoms with Gasteiger partial charge in [0.15, 0.2) is 11.6 Å². The maximum Gasteiger partial charge on any atom is 0.182 e. The van der Waals surface area contributed by atoms with Gasteiger partial charge in [0.2, 0.25) is 0 Å². The number of carbonyl (C=O) groups is 2.